The second-order valence-corrected chi connectivity index (χ2v) is 6.46. The van der Waals surface area contributed by atoms with Gasteiger partial charge in [-0.3, -0.25) is 14.4 Å². The molecule has 10 heteroatoms. The minimum absolute atomic E-state index is 0.217. The molecule has 30 heavy (non-hydrogen) atoms. The average Bonchev–Trinajstić information content (AvgIpc) is 2.81. The molecule has 0 atom stereocenters. The molecule has 2 amide bonds. The summed E-state index contributed by atoms with van der Waals surface area (Å²) in [5.41, 5.74) is 0. The van der Waals surface area contributed by atoms with Crippen LogP contribution in [0.3, 0.4) is 0 Å². The van der Waals surface area contributed by atoms with Crippen LogP contribution in [-0.4, -0.2) is 78.6 Å². The van der Waals surface area contributed by atoms with Crippen molar-refractivity contribution in [1.29, 1.82) is 0 Å². The van der Waals surface area contributed by atoms with Gasteiger partial charge in [-0.25, -0.2) is 9.97 Å². The van der Waals surface area contributed by atoms with Gasteiger partial charge in [0, 0.05) is 38.6 Å². The topological polar surface area (TPSA) is 114 Å². The summed E-state index contributed by atoms with van der Waals surface area (Å²) in [6, 6.07) is 10.6. The molecular formula is C20H23N5O5. The maximum absolute atomic E-state index is 12.2. The minimum atomic E-state index is -0.687. The Labute approximate surface area is 173 Å². The fraction of sp³-hybridized carbons (Fsp3) is 0.350. The minimum Gasteiger partial charge on any atom is -0.484 e. The van der Waals surface area contributed by atoms with Gasteiger partial charge in [0.1, 0.15) is 12.3 Å². The van der Waals surface area contributed by atoms with Gasteiger partial charge in [-0.2, -0.15) is 0 Å². The average molecular weight is 413 g/mol. The van der Waals surface area contributed by atoms with E-state index in [9.17, 15) is 14.4 Å². The van der Waals surface area contributed by atoms with E-state index in [0.717, 1.165) is 0 Å². The fourth-order valence-corrected chi connectivity index (χ4v) is 2.78. The Morgan fingerprint density at radius 2 is 1.63 bits per heavy atom. The number of benzene rings is 1. The van der Waals surface area contributed by atoms with E-state index in [1.165, 1.54) is 0 Å². The monoisotopic (exact) mass is 413 g/mol. The molecule has 1 fully saturated rings. The number of rotatable bonds is 8. The van der Waals surface area contributed by atoms with Gasteiger partial charge in [0.05, 0.1) is 0 Å². The molecule has 1 aromatic carbocycles. The number of carbonyl (C=O) groups excluding carboxylic acids is 3. The number of carbonyl (C=O) groups is 3. The molecule has 2 heterocycles. The van der Waals surface area contributed by atoms with E-state index in [4.69, 9.17) is 9.47 Å². The number of ether oxygens (including phenoxy) is 2. The van der Waals surface area contributed by atoms with Gasteiger partial charge < -0.3 is 24.6 Å². The fourth-order valence-electron chi connectivity index (χ4n) is 2.78. The Bertz CT molecular complexity index is 841. The molecule has 1 aromatic heterocycles. The highest BCUT2D eigenvalue weighted by Gasteiger charge is 2.23. The van der Waals surface area contributed by atoms with Gasteiger partial charge in [0.2, 0.25) is 5.95 Å². The third-order valence-electron chi connectivity index (χ3n) is 4.37. The van der Waals surface area contributed by atoms with Crippen LogP contribution in [0.15, 0.2) is 48.8 Å². The van der Waals surface area contributed by atoms with E-state index < -0.39 is 11.9 Å². The number of hydrogen-bond donors (Lipinski definition) is 1. The van der Waals surface area contributed by atoms with E-state index in [1.54, 1.807) is 47.6 Å². The number of aromatic nitrogens is 2. The zero-order chi connectivity index (χ0) is 21.2. The van der Waals surface area contributed by atoms with Crippen molar-refractivity contribution in [1.82, 2.24) is 20.2 Å². The van der Waals surface area contributed by atoms with E-state index in [1.807, 2.05) is 11.0 Å². The molecule has 0 saturated carbocycles. The maximum Gasteiger partial charge on any atom is 0.325 e. The van der Waals surface area contributed by atoms with Gasteiger partial charge in [0.15, 0.2) is 13.2 Å². The summed E-state index contributed by atoms with van der Waals surface area (Å²) in [4.78, 5) is 47.7. The summed E-state index contributed by atoms with van der Waals surface area (Å²) >= 11 is 0. The van der Waals surface area contributed by atoms with Crippen LogP contribution in [0, 0.1) is 0 Å². The second kappa shape index (κ2) is 10.7. The molecule has 2 aromatic rings. The predicted octanol–water partition coefficient (Wildman–Crippen LogP) is -0.136. The van der Waals surface area contributed by atoms with Crippen LogP contribution < -0.4 is 15.0 Å². The van der Waals surface area contributed by atoms with Crippen molar-refractivity contribution in [2.75, 3.05) is 50.8 Å². The summed E-state index contributed by atoms with van der Waals surface area (Å²) in [6.45, 7) is 1.26. The van der Waals surface area contributed by atoms with Gasteiger partial charge in [-0.05, 0) is 18.2 Å². The number of amides is 2. The Kier molecular flexibility index (Phi) is 7.53. The lowest BCUT2D eigenvalue weighted by atomic mass is 10.3. The van der Waals surface area contributed by atoms with E-state index in [2.05, 4.69) is 15.3 Å². The summed E-state index contributed by atoms with van der Waals surface area (Å²) in [6.07, 6.45) is 3.35. The molecule has 0 aliphatic carbocycles. The first kappa shape index (κ1) is 21.0. The zero-order valence-electron chi connectivity index (χ0n) is 16.4. The molecule has 10 nitrogen and oxygen atoms in total. The first-order valence-electron chi connectivity index (χ1n) is 9.52. The molecule has 1 N–H and O–H groups in total. The SMILES string of the molecule is O=C(COc1ccccc1)NCC(=O)OCC(=O)N1CCN(c2ncccn2)CC1. The molecule has 3 rings (SSSR count). The third-order valence-corrected chi connectivity index (χ3v) is 4.37. The van der Waals surface area contributed by atoms with Crippen LogP contribution in [0.1, 0.15) is 0 Å². The van der Waals surface area contributed by atoms with Gasteiger partial charge in [0.25, 0.3) is 11.8 Å². The van der Waals surface area contributed by atoms with Crippen LogP contribution in [0.4, 0.5) is 5.95 Å². The molecule has 1 aliphatic rings. The second-order valence-electron chi connectivity index (χ2n) is 6.46. The van der Waals surface area contributed by atoms with E-state index >= 15 is 0 Å². The van der Waals surface area contributed by atoms with Crippen LogP contribution in [0.5, 0.6) is 5.75 Å². The number of esters is 1. The normalized spacial score (nSPS) is 13.5. The Hall–Kier alpha value is -3.69. The largest absolute Gasteiger partial charge is 0.484 e. The number of hydrogen-bond acceptors (Lipinski definition) is 8. The summed E-state index contributed by atoms with van der Waals surface area (Å²) in [5.74, 6) is -0.243. The van der Waals surface area contributed by atoms with Gasteiger partial charge in [-0.15, -0.1) is 0 Å². The molecule has 1 aliphatic heterocycles. The van der Waals surface area contributed by atoms with E-state index in [0.29, 0.717) is 37.9 Å². The number of nitrogens with one attached hydrogen (secondary N) is 1. The van der Waals surface area contributed by atoms with Crippen LogP contribution in [0.2, 0.25) is 0 Å². The summed E-state index contributed by atoms with van der Waals surface area (Å²) in [7, 11) is 0. The standard InChI is InChI=1S/C20H23N5O5/c26-17(14-29-16-5-2-1-3-6-16)23-13-19(28)30-15-18(27)24-9-11-25(12-10-24)20-21-7-4-8-22-20/h1-8H,9-15H2,(H,23,26). The lowest BCUT2D eigenvalue weighted by molar-refractivity contribution is -0.152. The first-order valence-corrected chi connectivity index (χ1v) is 9.52. The number of piperazine rings is 1. The molecule has 0 radical (unpaired) electrons. The van der Waals surface area contributed by atoms with Crippen molar-refractivity contribution in [3.05, 3.63) is 48.8 Å². The number of para-hydroxylation sites is 1. The van der Waals surface area contributed by atoms with Crippen molar-refractivity contribution in [2.45, 2.75) is 0 Å². The van der Waals surface area contributed by atoms with Crippen LogP contribution >= 0.6 is 0 Å². The molecule has 0 spiro atoms. The Morgan fingerprint density at radius 3 is 2.33 bits per heavy atom. The van der Waals surface area contributed by atoms with Crippen LogP contribution in [-0.2, 0) is 19.1 Å². The molecule has 0 bridgehead atoms. The van der Waals surface area contributed by atoms with Crippen molar-refractivity contribution in [3.63, 3.8) is 0 Å². The summed E-state index contributed by atoms with van der Waals surface area (Å²) in [5, 5.41) is 2.40. The van der Waals surface area contributed by atoms with Gasteiger partial charge >= 0.3 is 5.97 Å². The maximum atomic E-state index is 12.2. The van der Waals surface area contributed by atoms with Crippen molar-refractivity contribution >= 4 is 23.7 Å². The predicted molar refractivity (Wildman–Crippen MR) is 107 cm³/mol. The highest BCUT2D eigenvalue weighted by molar-refractivity contribution is 5.84. The summed E-state index contributed by atoms with van der Waals surface area (Å²) < 4.78 is 10.2. The first-order chi connectivity index (χ1) is 14.6. The quantitative estimate of drug-likeness (QED) is 0.595. The lowest BCUT2D eigenvalue weighted by Gasteiger charge is -2.34. The van der Waals surface area contributed by atoms with Crippen molar-refractivity contribution in [3.8, 4) is 5.75 Å². The lowest BCUT2D eigenvalue weighted by Crippen LogP contribution is -2.50. The molecular weight excluding hydrogens is 390 g/mol. The third kappa shape index (κ3) is 6.43. The van der Waals surface area contributed by atoms with Crippen LogP contribution in [0.25, 0.3) is 0 Å². The highest BCUT2D eigenvalue weighted by Crippen LogP contribution is 2.10. The number of nitrogens with zero attached hydrogens (tertiary/aromatic N) is 4. The smallest absolute Gasteiger partial charge is 0.325 e. The molecule has 0 unspecified atom stereocenters. The highest BCUT2D eigenvalue weighted by atomic mass is 16.5. The van der Waals surface area contributed by atoms with Crippen molar-refractivity contribution in [2.24, 2.45) is 0 Å². The Morgan fingerprint density at radius 1 is 0.933 bits per heavy atom. The zero-order valence-corrected chi connectivity index (χ0v) is 16.4. The van der Waals surface area contributed by atoms with Crippen molar-refractivity contribution < 1.29 is 23.9 Å². The van der Waals surface area contributed by atoms with Gasteiger partial charge in [-0.1, -0.05) is 18.2 Å². The Balaban J connectivity index is 1.30. The molecule has 1 saturated heterocycles. The number of anilines is 1. The molecule has 158 valence electrons. The van der Waals surface area contributed by atoms with E-state index in [-0.39, 0.29) is 25.7 Å².